The molecule has 0 aliphatic rings. The number of rotatable bonds is 18. The molecule has 0 bridgehead atoms. The van der Waals surface area contributed by atoms with Gasteiger partial charge in [-0.05, 0) is 188 Å². The van der Waals surface area contributed by atoms with Crippen LogP contribution in [0.25, 0.3) is 0 Å². The summed E-state index contributed by atoms with van der Waals surface area (Å²) in [5.74, 6) is -11.0. The van der Waals surface area contributed by atoms with Crippen molar-refractivity contribution in [1.82, 2.24) is 54.8 Å². The standard InChI is InChI=1S/C22H24FN5O4S.C16H17ClFN3O2.C8H7Cl2NO.2C8H11FN2O.C6H8N2O2S.C5H4BrFN2.C5H5FN2.C3H6O/c1-5-16(29)13-12-25-19(27-18-9-8-14(20(23)28-18)22(2,3)30)11-15(13)26-21-17(33(4,31)32)7-6-10-24-21;1-4-12(22)9-8-19-14(7-11(9)17)20-13-6-5-10(15(18)21-13)16(2,3)23;1-2-7(12)5-4-11-8(10)3-6(5)9;2*1-8(2,12)5-3-4-6(10)11-7(5)9;1-11(9,10)5-3-2-4-8-6(5)7;6-3-1-2-4(8)9-5(3)7;6-4-2-1-3-5(7)8-4;1-3(2)4/h6-12,30H,5H2,1-4H3,(H2,24,25,26,27,28);5-8,23H,4H2,1-3H3,(H,19,20,21);3-4H,2H2,1H3;2*3-4,12H,1-2H3,(H2,10,11);2-4H,1H3,(H2,7,8);1-2H,(H2,8,9);1-3H,(H2,7,8);1-2H3/i2*1D3,2D3,3D3;1D3;2*1D3,2D3;;;;1D3. The van der Waals surface area contributed by atoms with Crippen molar-refractivity contribution in [1.29, 1.82) is 0 Å². The topological polar surface area (TPSA) is 525 Å². The Morgan fingerprint density at radius 1 is 0.444 bits per heavy atom. The summed E-state index contributed by atoms with van der Waals surface area (Å²) in [7, 11) is -7.02. The number of nitrogen functional groups attached to an aromatic ring is 5. The average molecular weight is 1930 g/mol. The van der Waals surface area contributed by atoms with Crippen molar-refractivity contribution in [2.75, 3.05) is 57.1 Å². The van der Waals surface area contributed by atoms with Gasteiger partial charge in [0, 0.05) is 146 Å². The summed E-state index contributed by atoms with van der Waals surface area (Å²) in [6.07, 6.45) is 5.75. The number of hydrogen-bond acceptors (Lipinski definition) is 31. The molecule has 11 heterocycles. The molecule has 0 unspecified atom stereocenters. The lowest BCUT2D eigenvalue weighted by Gasteiger charge is -2.18. The number of hydrogen-bond donors (Lipinski definition) is 12. The zero-order valence-corrected chi connectivity index (χ0v) is 69.0. The Hall–Kier alpha value is -11.6. The molecule has 0 atom stereocenters. The Morgan fingerprint density at radius 2 is 0.823 bits per heavy atom. The smallest absolute Gasteiger partial charge is 0.229 e. The van der Waals surface area contributed by atoms with Crippen molar-refractivity contribution in [3.8, 4) is 0 Å². The van der Waals surface area contributed by atoms with Gasteiger partial charge in [-0.1, -0.05) is 61.4 Å². The van der Waals surface area contributed by atoms with Crippen LogP contribution in [0.15, 0.2) is 167 Å². The molecule has 0 aromatic carbocycles. The maximum absolute atomic E-state index is 15.0. The molecule has 17 N–H and O–H groups in total. The van der Waals surface area contributed by atoms with Crippen molar-refractivity contribution in [2.24, 2.45) is 0 Å². The first kappa shape index (κ1) is 61.7. The van der Waals surface area contributed by atoms with Crippen LogP contribution in [0, 0.1) is 35.7 Å². The molecule has 0 aliphatic carbocycles. The molecular formula is C81H93BrCl3F6N19O12S2. The molecule has 666 valence electrons. The van der Waals surface area contributed by atoms with Crippen LogP contribution in [0.5, 0.6) is 0 Å². The Bertz CT molecular complexity index is 7090. The molecule has 0 spiro atoms. The second kappa shape index (κ2) is 47.9. The fourth-order valence-corrected chi connectivity index (χ4v) is 10.7. The first-order valence-electron chi connectivity index (χ1n) is 51.0. The van der Waals surface area contributed by atoms with E-state index in [9.17, 15) is 82.8 Å². The number of pyridine rings is 11. The minimum atomic E-state index is -3.80. The fourth-order valence-electron chi connectivity index (χ4n) is 8.18. The lowest BCUT2D eigenvalue weighted by Crippen LogP contribution is -2.18. The third-order valence-corrected chi connectivity index (χ3v) is 17.3. The summed E-state index contributed by atoms with van der Waals surface area (Å²) in [4.78, 5) is 85.0. The molecule has 0 radical (unpaired) electrons. The van der Waals surface area contributed by atoms with Gasteiger partial charge in [-0.15, -0.1) is 0 Å². The predicted octanol–water partition coefficient (Wildman–Crippen LogP) is 15.6. The number of carbonyl (C=O) groups excluding carboxylic acids is 4. The number of aliphatic hydroxyl groups is 4. The van der Waals surface area contributed by atoms with Crippen LogP contribution in [0.4, 0.5) is 90.2 Å². The van der Waals surface area contributed by atoms with Crippen LogP contribution in [0.1, 0.15) is 211 Å². The number of Topliss-reactive ketones (excluding diaryl/α,β-unsaturated/α-hetero) is 4. The van der Waals surface area contributed by atoms with E-state index in [1.165, 1.54) is 79.3 Å². The summed E-state index contributed by atoms with van der Waals surface area (Å²) >= 11 is 20.2. The number of anilines is 11. The van der Waals surface area contributed by atoms with Crippen LogP contribution < -0.4 is 44.6 Å². The van der Waals surface area contributed by atoms with Gasteiger partial charge in [0.2, 0.25) is 35.7 Å². The molecule has 11 aromatic rings. The zero-order chi connectivity index (χ0) is 124. The van der Waals surface area contributed by atoms with Crippen molar-refractivity contribution >= 4 is 157 Å². The van der Waals surface area contributed by atoms with Crippen LogP contribution >= 0.6 is 50.7 Å². The average Bonchev–Trinajstić information content (AvgIpc) is 0.723. The minimum absolute atomic E-state index is 0.0259. The Morgan fingerprint density at radius 3 is 1.18 bits per heavy atom. The molecule has 0 fully saturated rings. The maximum atomic E-state index is 15.0. The van der Waals surface area contributed by atoms with Gasteiger partial charge in [0.1, 0.15) is 78.9 Å². The van der Waals surface area contributed by atoms with E-state index < -0.39 is 225 Å². The molecule has 0 saturated heterocycles. The number of nitrogens with two attached hydrogens (primary N) is 5. The number of nitrogens with zero attached hydrogens (tertiary/aromatic N) is 11. The van der Waals surface area contributed by atoms with Crippen molar-refractivity contribution in [3.63, 3.8) is 0 Å². The number of ketones is 4. The second-order valence-electron chi connectivity index (χ2n) is 23.6. The van der Waals surface area contributed by atoms with Crippen molar-refractivity contribution < 1.29 is 132 Å². The summed E-state index contributed by atoms with van der Waals surface area (Å²) in [5.41, 5.74) is 7.75. The molecular weight excluding hydrogens is 1800 g/mol. The third-order valence-electron chi connectivity index (χ3n) is 13.7. The molecule has 0 aliphatic heterocycles. The predicted molar refractivity (Wildman–Crippen MR) is 468 cm³/mol. The number of sulfone groups is 2. The number of aromatic nitrogens is 11. The van der Waals surface area contributed by atoms with Crippen LogP contribution in [-0.4, -0.2) is 128 Å². The Labute approximate surface area is 786 Å². The van der Waals surface area contributed by atoms with E-state index in [0.717, 1.165) is 92.5 Å². The zero-order valence-electron chi connectivity index (χ0n) is 99.5. The molecule has 11 rings (SSSR count). The summed E-state index contributed by atoms with van der Waals surface area (Å²) in [5, 5.41) is 48.8. The number of halogens is 10. The van der Waals surface area contributed by atoms with Crippen LogP contribution in [0.2, 0.25) is 15.2 Å². The Balaban J connectivity index is 0.000000491. The van der Waals surface area contributed by atoms with E-state index in [0.29, 0.717) is 4.47 Å². The van der Waals surface area contributed by atoms with E-state index in [2.05, 4.69) is 86.7 Å². The highest BCUT2D eigenvalue weighted by Gasteiger charge is 2.27. The highest BCUT2D eigenvalue weighted by Crippen LogP contribution is 2.32. The lowest BCUT2D eigenvalue weighted by atomic mass is 10.0. The summed E-state index contributed by atoms with van der Waals surface area (Å²) < 4.78 is 386. The normalized spacial score (nSPS) is 16.5. The summed E-state index contributed by atoms with van der Waals surface area (Å²) in [6, 6.07) is 23.6. The largest absolute Gasteiger partial charge is 0.386 e. The van der Waals surface area contributed by atoms with Gasteiger partial charge >= 0.3 is 0 Å². The highest BCUT2D eigenvalue weighted by molar-refractivity contribution is 9.10. The SMILES string of the molecule is CS(=O)(=O)c1cccnc1N.Nc1ccc(Br)c(F)n1.Nc1cccc(F)n1.[2H]C([2H])([2H])C(C)=O.[2H]C([2H])([2H])C(O)(c1ccc(N)nc1F)C([2H])([2H])[2H].[2H]C([2H])([2H])C(O)(c1ccc(N)nc1F)C([2H])([2H])[2H].[2H]C([2H])([2H])CC(=O)c1cnc(Cl)cc1Cl.[2H]C([2H])([2H])CC(=O)c1cnc(Nc2ccc(C(O)(C([2H])([2H])[2H])C([2H])([2H])[2H])c(F)n2)cc1Cl.[2H]C([2H])([2H])CC(=O)c1cnc(Nc2ccc(C(O)(C([2H])([2H])[2H])C([2H])([2H])[2H])c(F)n2)cc1Nc1ncccc1S(C)(=O)=O. The molecule has 31 nitrogen and oxygen atoms in total. The van der Waals surface area contributed by atoms with Gasteiger partial charge in [0.25, 0.3) is 0 Å². The summed E-state index contributed by atoms with van der Waals surface area (Å²) in [6.45, 7) is -36.2. The van der Waals surface area contributed by atoms with Gasteiger partial charge in [-0.2, -0.15) is 26.3 Å². The number of nitrogens with one attached hydrogen (secondary N) is 3. The molecule has 11 aromatic heterocycles. The maximum Gasteiger partial charge on any atom is 0.229 e. The highest BCUT2D eigenvalue weighted by atomic mass is 79.9. The minimum Gasteiger partial charge on any atom is -0.386 e. The molecule has 124 heavy (non-hydrogen) atoms. The van der Waals surface area contributed by atoms with Gasteiger partial charge in [-0.3, -0.25) is 14.4 Å². The number of carbonyl (C=O) groups is 4. The van der Waals surface area contributed by atoms with E-state index >= 15 is 0 Å². The molecule has 0 saturated carbocycles. The van der Waals surface area contributed by atoms with Gasteiger partial charge < -0.3 is 69.8 Å². The second-order valence-corrected chi connectivity index (χ2v) is 29.6. The van der Waals surface area contributed by atoms with Gasteiger partial charge in [0.05, 0.1) is 59.3 Å². The quantitative estimate of drug-likeness (QED) is 0.0216. The van der Waals surface area contributed by atoms with Crippen LogP contribution in [-0.2, 0) is 46.9 Å². The van der Waals surface area contributed by atoms with Crippen molar-refractivity contribution in [2.45, 2.75) is 141 Å². The van der Waals surface area contributed by atoms with E-state index in [4.69, 9.17) is 113 Å². The van der Waals surface area contributed by atoms with E-state index in [1.54, 1.807) is 0 Å². The van der Waals surface area contributed by atoms with E-state index in [-0.39, 0.29) is 106 Å². The third kappa shape index (κ3) is 36.4. The first-order valence-corrected chi connectivity index (χ1v) is 38.7. The van der Waals surface area contributed by atoms with Gasteiger partial charge in [0.15, 0.2) is 37.0 Å². The first-order chi connectivity index (χ1) is 72.0. The fraction of sp³-hybridized carbons (Fsp3) is 0.272. The molecule has 0 amide bonds. The lowest BCUT2D eigenvalue weighted by molar-refractivity contribution is -0.115. The monoisotopic (exact) mass is 1920 g/mol. The van der Waals surface area contributed by atoms with Crippen LogP contribution in [0.3, 0.4) is 0 Å². The molecule has 43 heteroatoms. The van der Waals surface area contributed by atoms with Crippen molar-refractivity contribution in [3.05, 3.63) is 247 Å². The van der Waals surface area contributed by atoms with Gasteiger partial charge in [-0.25, -0.2) is 71.7 Å². The Kier molecular flexibility index (Phi) is 23.8. The van der Waals surface area contributed by atoms with E-state index in [1.807, 2.05) is 0 Å².